The van der Waals surface area contributed by atoms with Crippen LogP contribution in [-0.4, -0.2) is 26.2 Å². The number of rotatable bonds is 5. The van der Waals surface area contributed by atoms with E-state index in [2.05, 4.69) is 6.08 Å². The third-order valence-electron chi connectivity index (χ3n) is 2.56. The summed E-state index contributed by atoms with van der Waals surface area (Å²) in [5, 5.41) is 0. The van der Waals surface area contributed by atoms with Crippen molar-refractivity contribution in [3.63, 3.8) is 0 Å². The van der Waals surface area contributed by atoms with Crippen LogP contribution < -0.4 is 0 Å². The van der Waals surface area contributed by atoms with Gasteiger partial charge in [-0.3, -0.25) is 4.79 Å². The first-order valence-electron chi connectivity index (χ1n) is 5.35. The number of hydrogen-bond acceptors (Lipinski definition) is 3. The molecule has 86 valence electrons. The molecule has 1 aliphatic carbocycles. The van der Waals surface area contributed by atoms with E-state index in [9.17, 15) is 13.2 Å². The van der Waals surface area contributed by atoms with Gasteiger partial charge in [0.15, 0.2) is 0 Å². The lowest BCUT2D eigenvalue weighted by Crippen LogP contribution is -2.10. The second-order valence-electron chi connectivity index (χ2n) is 4.20. The largest absolute Gasteiger partial charge is 0.299 e. The SMILES string of the molecule is CS(=O)(=O)CCC(=O)CC1=CCCCC1. The number of carbonyl (C=O) groups excluding carboxylic acids is 1. The topological polar surface area (TPSA) is 51.2 Å². The summed E-state index contributed by atoms with van der Waals surface area (Å²) in [6, 6.07) is 0. The van der Waals surface area contributed by atoms with E-state index in [0.717, 1.165) is 19.3 Å². The maximum absolute atomic E-state index is 11.5. The van der Waals surface area contributed by atoms with E-state index in [1.165, 1.54) is 18.2 Å². The molecule has 0 radical (unpaired) electrons. The van der Waals surface area contributed by atoms with Crippen molar-refractivity contribution in [2.45, 2.75) is 38.5 Å². The van der Waals surface area contributed by atoms with Crippen molar-refractivity contribution in [2.75, 3.05) is 12.0 Å². The van der Waals surface area contributed by atoms with Gasteiger partial charge in [0.25, 0.3) is 0 Å². The fraction of sp³-hybridized carbons (Fsp3) is 0.727. The maximum Gasteiger partial charge on any atom is 0.147 e. The molecule has 0 bridgehead atoms. The molecule has 0 heterocycles. The van der Waals surface area contributed by atoms with Crippen LogP contribution in [0.25, 0.3) is 0 Å². The van der Waals surface area contributed by atoms with E-state index < -0.39 is 9.84 Å². The molecule has 1 rings (SSSR count). The lowest BCUT2D eigenvalue weighted by Gasteiger charge is -2.11. The highest BCUT2D eigenvalue weighted by atomic mass is 32.2. The Morgan fingerprint density at radius 1 is 1.40 bits per heavy atom. The molecular formula is C11H18O3S. The Kier molecular flexibility index (Phi) is 4.51. The van der Waals surface area contributed by atoms with Gasteiger partial charge < -0.3 is 0 Å². The Morgan fingerprint density at radius 3 is 2.67 bits per heavy atom. The third-order valence-corrected chi connectivity index (χ3v) is 3.51. The molecule has 0 aliphatic heterocycles. The molecule has 15 heavy (non-hydrogen) atoms. The van der Waals surface area contributed by atoms with Crippen molar-refractivity contribution in [1.82, 2.24) is 0 Å². The number of ketones is 1. The van der Waals surface area contributed by atoms with E-state index in [1.807, 2.05) is 0 Å². The molecule has 0 aromatic rings. The van der Waals surface area contributed by atoms with Crippen LogP contribution >= 0.6 is 0 Å². The monoisotopic (exact) mass is 230 g/mol. The normalized spacial score (nSPS) is 17.3. The minimum Gasteiger partial charge on any atom is -0.299 e. The summed E-state index contributed by atoms with van der Waals surface area (Å²) in [6.07, 6.45) is 8.35. The molecule has 0 unspecified atom stereocenters. The van der Waals surface area contributed by atoms with Crippen molar-refractivity contribution in [3.05, 3.63) is 11.6 Å². The second kappa shape index (κ2) is 5.45. The van der Waals surface area contributed by atoms with E-state index >= 15 is 0 Å². The molecular weight excluding hydrogens is 212 g/mol. The summed E-state index contributed by atoms with van der Waals surface area (Å²) in [5.41, 5.74) is 1.19. The quantitative estimate of drug-likeness (QED) is 0.678. The summed E-state index contributed by atoms with van der Waals surface area (Å²) in [4.78, 5) is 11.5. The Bertz CT molecular complexity index is 352. The van der Waals surface area contributed by atoms with Gasteiger partial charge in [-0.25, -0.2) is 8.42 Å². The van der Waals surface area contributed by atoms with Crippen LogP contribution in [0.2, 0.25) is 0 Å². The summed E-state index contributed by atoms with van der Waals surface area (Å²) in [6.45, 7) is 0. The fourth-order valence-electron chi connectivity index (χ4n) is 1.71. The second-order valence-corrected chi connectivity index (χ2v) is 6.46. The minimum absolute atomic E-state index is 0.0148. The molecule has 0 spiro atoms. The average Bonchev–Trinajstić information content (AvgIpc) is 2.15. The fourth-order valence-corrected chi connectivity index (χ4v) is 2.30. The predicted octanol–water partition coefficient (Wildman–Crippen LogP) is 1.88. The highest BCUT2D eigenvalue weighted by molar-refractivity contribution is 7.90. The first-order chi connectivity index (χ1) is 6.97. The first kappa shape index (κ1) is 12.4. The molecule has 0 aromatic carbocycles. The average molecular weight is 230 g/mol. The van der Waals surface area contributed by atoms with Gasteiger partial charge in [-0.05, 0) is 25.7 Å². The molecule has 0 aromatic heterocycles. The van der Waals surface area contributed by atoms with Gasteiger partial charge in [-0.1, -0.05) is 11.6 Å². The highest BCUT2D eigenvalue weighted by Crippen LogP contribution is 2.20. The van der Waals surface area contributed by atoms with E-state index in [4.69, 9.17) is 0 Å². The highest BCUT2D eigenvalue weighted by Gasteiger charge is 2.11. The Labute approximate surface area is 91.5 Å². The van der Waals surface area contributed by atoms with E-state index in [-0.39, 0.29) is 18.0 Å². The Morgan fingerprint density at radius 2 is 2.13 bits per heavy atom. The van der Waals surface area contributed by atoms with Crippen molar-refractivity contribution >= 4 is 15.6 Å². The summed E-state index contributed by atoms with van der Waals surface area (Å²) >= 11 is 0. The summed E-state index contributed by atoms with van der Waals surface area (Å²) in [7, 11) is -3.00. The van der Waals surface area contributed by atoms with Gasteiger partial charge in [-0.2, -0.15) is 0 Å². The minimum atomic E-state index is -3.00. The number of sulfone groups is 1. The van der Waals surface area contributed by atoms with Crippen LogP contribution in [0.4, 0.5) is 0 Å². The first-order valence-corrected chi connectivity index (χ1v) is 7.41. The summed E-state index contributed by atoms with van der Waals surface area (Å²) in [5.74, 6) is 0.0348. The molecule has 0 atom stereocenters. The van der Waals surface area contributed by atoms with Crippen LogP contribution in [0.3, 0.4) is 0 Å². The lowest BCUT2D eigenvalue weighted by molar-refractivity contribution is -0.118. The van der Waals surface area contributed by atoms with Gasteiger partial charge in [0, 0.05) is 19.1 Å². The van der Waals surface area contributed by atoms with Crippen molar-refractivity contribution < 1.29 is 13.2 Å². The molecule has 0 saturated heterocycles. The maximum atomic E-state index is 11.5. The van der Waals surface area contributed by atoms with Crippen molar-refractivity contribution in [2.24, 2.45) is 0 Å². The van der Waals surface area contributed by atoms with Crippen molar-refractivity contribution in [3.8, 4) is 0 Å². The van der Waals surface area contributed by atoms with Crippen LogP contribution in [0.15, 0.2) is 11.6 Å². The van der Waals surface area contributed by atoms with Gasteiger partial charge in [0.2, 0.25) is 0 Å². The Balaban J connectivity index is 2.33. The lowest BCUT2D eigenvalue weighted by atomic mass is 9.95. The van der Waals surface area contributed by atoms with Gasteiger partial charge >= 0.3 is 0 Å². The van der Waals surface area contributed by atoms with Gasteiger partial charge in [0.1, 0.15) is 15.6 Å². The van der Waals surface area contributed by atoms with Gasteiger partial charge in [-0.15, -0.1) is 0 Å². The molecule has 1 aliphatic rings. The van der Waals surface area contributed by atoms with Gasteiger partial charge in [0.05, 0.1) is 5.75 Å². The Hall–Kier alpha value is -0.640. The molecule has 0 N–H and O–H groups in total. The van der Waals surface area contributed by atoms with Crippen molar-refractivity contribution in [1.29, 1.82) is 0 Å². The van der Waals surface area contributed by atoms with E-state index in [0.29, 0.717) is 6.42 Å². The molecule has 0 saturated carbocycles. The van der Waals surface area contributed by atoms with Crippen LogP contribution in [0, 0.1) is 0 Å². The molecule has 3 nitrogen and oxygen atoms in total. The smallest absolute Gasteiger partial charge is 0.147 e. The van der Waals surface area contributed by atoms with Crippen LogP contribution in [0.5, 0.6) is 0 Å². The molecule has 0 fully saturated rings. The number of carbonyl (C=O) groups is 1. The number of Topliss-reactive ketones (excluding diaryl/α,β-unsaturated/α-hetero) is 1. The standard InChI is InChI=1S/C11H18O3S/c1-15(13,14)8-7-11(12)9-10-5-3-2-4-6-10/h5H,2-4,6-9H2,1H3. The molecule has 0 amide bonds. The summed E-state index contributed by atoms with van der Waals surface area (Å²) < 4.78 is 21.7. The zero-order chi connectivity index (χ0) is 11.3. The van der Waals surface area contributed by atoms with Crippen LogP contribution in [-0.2, 0) is 14.6 Å². The predicted molar refractivity (Wildman–Crippen MR) is 60.5 cm³/mol. The molecule has 4 heteroatoms. The zero-order valence-electron chi connectivity index (χ0n) is 9.16. The van der Waals surface area contributed by atoms with Crippen LogP contribution in [0.1, 0.15) is 38.5 Å². The van der Waals surface area contributed by atoms with E-state index in [1.54, 1.807) is 0 Å². The third kappa shape index (κ3) is 5.72. The zero-order valence-corrected chi connectivity index (χ0v) is 9.98. The number of allylic oxidation sites excluding steroid dienone is 2. The number of hydrogen-bond donors (Lipinski definition) is 0.